The number of fused-ring (bicyclic) bond motifs is 1. The van der Waals surface area contributed by atoms with E-state index in [1.807, 2.05) is 19.9 Å². The van der Waals surface area contributed by atoms with Gasteiger partial charge in [0.2, 0.25) is 0 Å². The molecule has 0 saturated heterocycles. The summed E-state index contributed by atoms with van der Waals surface area (Å²) < 4.78 is 16.0. The van der Waals surface area contributed by atoms with Gasteiger partial charge in [0.1, 0.15) is 17.1 Å². The Morgan fingerprint density at radius 1 is 1.23 bits per heavy atom. The minimum Gasteiger partial charge on any atom is -0.483 e. The molecule has 0 aliphatic carbocycles. The molecule has 0 atom stereocenters. The van der Waals surface area contributed by atoms with Crippen molar-refractivity contribution in [3.8, 4) is 5.75 Å². The van der Waals surface area contributed by atoms with Gasteiger partial charge in [-0.15, -0.1) is 0 Å². The number of aromatic nitrogens is 1. The summed E-state index contributed by atoms with van der Waals surface area (Å²) >= 11 is 0. The maximum Gasteiger partial charge on any atom is 0.336 e. The molecule has 3 aromatic rings. The van der Waals surface area contributed by atoms with Crippen molar-refractivity contribution in [1.82, 2.24) is 5.16 Å². The second-order valence-electron chi connectivity index (χ2n) is 6.14. The average molecular weight is 356 g/mol. The molecular formula is C19H20N2O5. The summed E-state index contributed by atoms with van der Waals surface area (Å²) in [5.41, 5.74) is 1.79. The largest absolute Gasteiger partial charge is 0.483 e. The highest BCUT2D eigenvalue weighted by Gasteiger charge is 2.14. The predicted molar refractivity (Wildman–Crippen MR) is 96.6 cm³/mol. The van der Waals surface area contributed by atoms with Crippen LogP contribution in [-0.2, 0) is 11.2 Å². The van der Waals surface area contributed by atoms with E-state index in [1.54, 1.807) is 19.1 Å². The fourth-order valence-corrected chi connectivity index (χ4v) is 2.80. The van der Waals surface area contributed by atoms with Crippen molar-refractivity contribution in [2.24, 2.45) is 0 Å². The third kappa shape index (κ3) is 3.93. The van der Waals surface area contributed by atoms with Gasteiger partial charge in [0.15, 0.2) is 12.4 Å². The van der Waals surface area contributed by atoms with E-state index in [1.165, 1.54) is 6.07 Å². The molecule has 1 aromatic carbocycles. The van der Waals surface area contributed by atoms with Crippen molar-refractivity contribution in [3.05, 3.63) is 51.6 Å². The highest BCUT2D eigenvalue weighted by Crippen LogP contribution is 2.30. The molecule has 0 saturated carbocycles. The van der Waals surface area contributed by atoms with Gasteiger partial charge in [0, 0.05) is 12.1 Å². The molecule has 0 unspecified atom stereocenters. The van der Waals surface area contributed by atoms with Crippen LogP contribution in [0.1, 0.15) is 30.2 Å². The van der Waals surface area contributed by atoms with Gasteiger partial charge in [-0.2, -0.15) is 0 Å². The van der Waals surface area contributed by atoms with Crippen LogP contribution < -0.4 is 15.7 Å². The summed E-state index contributed by atoms with van der Waals surface area (Å²) in [7, 11) is 0. The summed E-state index contributed by atoms with van der Waals surface area (Å²) in [6.45, 7) is 5.44. The molecule has 0 bridgehead atoms. The first-order valence-electron chi connectivity index (χ1n) is 8.39. The maximum atomic E-state index is 12.1. The lowest BCUT2D eigenvalue weighted by molar-refractivity contribution is -0.118. The number of carbonyl (C=O) groups excluding carboxylic acids is 1. The van der Waals surface area contributed by atoms with Crippen LogP contribution in [-0.4, -0.2) is 17.7 Å². The molecule has 0 spiro atoms. The van der Waals surface area contributed by atoms with E-state index < -0.39 is 5.63 Å². The molecular weight excluding hydrogens is 336 g/mol. The topological polar surface area (TPSA) is 94.6 Å². The van der Waals surface area contributed by atoms with Crippen LogP contribution in [0, 0.1) is 13.8 Å². The number of amides is 1. The van der Waals surface area contributed by atoms with E-state index >= 15 is 0 Å². The molecule has 0 fully saturated rings. The van der Waals surface area contributed by atoms with Crippen LogP contribution >= 0.6 is 0 Å². The number of benzene rings is 1. The number of hydrogen-bond donors (Lipinski definition) is 1. The van der Waals surface area contributed by atoms with Crippen LogP contribution in [0.5, 0.6) is 5.75 Å². The van der Waals surface area contributed by atoms with Crippen LogP contribution in [0.25, 0.3) is 11.0 Å². The molecule has 0 aliphatic heterocycles. The molecule has 2 heterocycles. The van der Waals surface area contributed by atoms with E-state index in [-0.39, 0.29) is 12.5 Å². The van der Waals surface area contributed by atoms with E-state index in [0.29, 0.717) is 29.3 Å². The minimum atomic E-state index is -0.392. The molecule has 2 aromatic heterocycles. The summed E-state index contributed by atoms with van der Waals surface area (Å²) in [5, 5.41) is 7.04. The van der Waals surface area contributed by atoms with Gasteiger partial charge in [0.25, 0.3) is 5.91 Å². The maximum absolute atomic E-state index is 12.1. The van der Waals surface area contributed by atoms with Gasteiger partial charge in [-0.05, 0) is 43.5 Å². The van der Waals surface area contributed by atoms with Gasteiger partial charge in [0.05, 0.1) is 5.39 Å². The number of ether oxygens (including phenoxy) is 1. The Hall–Kier alpha value is -3.09. The lowest BCUT2D eigenvalue weighted by atomic mass is 10.0. The summed E-state index contributed by atoms with van der Waals surface area (Å²) in [6.07, 6.45) is 1.59. The van der Waals surface area contributed by atoms with E-state index in [2.05, 4.69) is 10.5 Å². The van der Waals surface area contributed by atoms with Gasteiger partial charge < -0.3 is 19.0 Å². The second-order valence-corrected chi connectivity index (χ2v) is 6.14. The predicted octanol–water partition coefficient (Wildman–Crippen LogP) is 3.37. The molecule has 1 amide bonds. The van der Waals surface area contributed by atoms with Gasteiger partial charge in [-0.25, -0.2) is 4.79 Å². The first kappa shape index (κ1) is 17.7. The van der Waals surface area contributed by atoms with Crippen LogP contribution in [0.15, 0.2) is 38.0 Å². The summed E-state index contributed by atoms with van der Waals surface area (Å²) in [5.74, 6) is 1.09. The highest BCUT2D eigenvalue weighted by atomic mass is 16.5. The molecule has 7 heteroatoms. The first-order chi connectivity index (χ1) is 12.5. The Morgan fingerprint density at radius 3 is 2.73 bits per heavy atom. The zero-order valence-electron chi connectivity index (χ0n) is 14.9. The number of carbonyl (C=O) groups is 1. The molecule has 26 heavy (non-hydrogen) atoms. The Balaban J connectivity index is 1.86. The zero-order chi connectivity index (χ0) is 18.7. The number of aryl methyl sites for hydroxylation is 3. The second kappa shape index (κ2) is 7.43. The van der Waals surface area contributed by atoms with Crippen molar-refractivity contribution in [3.63, 3.8) is 0 Å². The molecule has 0 aliphatic rings. The summed E-state index contributed by atoms with van der Waals surface area (Å²) in [4.78, 5) is 23.9. The highest BCUT2D eigenvalue weighted by molar-refractivity contribution is 5.92. The van der Waals surface area contributed by atoms with Crippen LogP contribution in [0.3, 0.4) is 0 Å². The van der Waals surface area contributed by atoms with Gasteiger partial charge in [-0.3, -0.25) is 4.79 Å². The SMILES string of the molecule is CCCc1cc(=O)oc2cc(C)cc(OCC(=O)Nc3cc(C)on3)c12. The lowest BCUT2D eigenvalue weighted by Crippen LogP contribution is -2.20. The Bertz CT molecular complexity index is 1000. The summed E-state index contributed by atoms with van der Waals surface area (Å²) in [6, 6.07) is 6.72. The number of anilines is 1. The third-order valence-electron chi connectivity index (χ3n) is 3.81. The quantitative estimate of drug-likeness (QED) is 0.681. The molecule has 136 valence electrons. The minimum absolute atomic E-state index is 0.199. The lowest BCUT2D eigenvalue weighted by Gasteiger charge is -2.12. The van der Waals surface area contributed by atoms with Crippen molar-refractivity contribution in [2.75, 3.05) is 11.9 Å². The molecule has 7 nitrogen and oxygen atoms in total. The number of nitrogens with one attached hydrogen (secondary N) is 1. The zero-order valence-corrected chi connectivity index (χ0v) is 14.9. The van der Waals surface area contributed by atoms with Gasteiger partial charge in [-0.1, -0.05) is 18.5 Å². The van der Waals surface area contributed by atoms with Crippen LogP contribution in [0.4, 0.5) is 5.82 Å². The van der Waals surface area contributed by atoms with E-state index in [9.17, 15) is 9.59 Å². The Morgan fingerprint density at radius 2 is 2.04 bits per heavy atom. The fraction of sp³-hybridized carbons (Fsp3) is 0.316. The van der Waals surface area contributed by atoms with Gasteiger partial charge >= 0.3 is 5.63 Å². The third-order valence-corrected chi connectivity index (χ3v) is 3.81. The Kier molecular flexibility index (Phi) is 5.06. The number of nitrogens with zero attached hydrogens (tertiary/aromatic N) is 1. The molecule has 3 rings (SSSR count). The number of hydrogen-bond acceptors (Lipinski definition) is 6. The fourth-order valence-electron chi connectivity index (χ4n) is 2.80. The standard InChI is InChI=1S/C19H20N2O5/c1-4-5-13-9-18(23)25-15-7-11(2)6-14(19(13)15)24-10-17(22)20-16-8-12(3)26-21-16/h6-9H,4-5,10H2,1-3H3,(H,20,21,22). The Labute approximate surface area is 149 Å². The smallest absolute Gasteiger partial charge is 0.336 e. The first-order valence-corrected chi connectivity index (χ1v) is 8.39. The normalized spacial score (nSPS) is 10.9. The van der Waals surface area contributed by atoms with Crippen molar-refractivity contribution < 1.29 is 18.5 Å². The van der Waals surface area contributed by atoms with Crippen molar-refractivity contribution in [2.45, 2.75) is 33.6 Å². The average Bonchev–Trinajstić information content (AvgIpc) is 2.97. The number of rotatable bonds is 6. The monoisotopic (exact) mass is 356 g/mol. The van der Waals surface area contributed by atoms with Crippen molar-refractivity contribution >= 4 is 22.7 Å². The molecule has 0 radical (unpaired) electrons. The van der Waals surface area contributed by atoms with E-state index in [4.69, 9.17) is 13.7 Å². The van der Waals surface area contributed by atoms with Crippen molar-refractivity contribution in [1.29, 1.82) is 0 Å². The van der Waals surface area contributed by atoms with Crippen LogP contribution in [0.2, 0.25) is 0 Å². The molecule has 1 N–H and O–H groups in total. The van der Waals surface area contributed by atoms with E-state index in [0.717, 1.165) is 22.9 Å².